The lowest BCUT2D eigenvalue weighted by molar-refractivity contribution is -0.123. The van der Waals surface area contributed by atoms with E-state index < -0.39 is 0 Å². The van der Waals surface area contributed by atoms with Gasteiger partial charge in [-0.25, -0.2) is 0 Å². The van der Waals surface area contributed by atoms with Gasteiger partial charge in [-0.15, -0.1) is 0 Å². The maximum Gasteiger partial charge on any atom is 0.234 e. The third kappa shape index (κ3) is 4.47. The lowest BCUT2D eigenvalue weighted by Gasteiger charge is -2.26. The molecule has 4 heteroatoms. The molecule has 0 aliphatic carbocycles. The Morgan fingerprint density at radius 3 is 2.50 bits per heavy atom. The molecule has 0 aliphatic heterocycles. The number of primary amides is 1. The van der Waals surface area contributed by atoms with E-state index in [1.54, 1.807) is 7.11 Å². The summed E-state index contributed by atoms with van der Waals surface area (Å²) in [5.41, 5.74) is 7.76. The predicted octanol–water partition coefficient (Wildman–Crippen LogP) is 1.32. The first kappa shape index (κ1) is 14.7. The minimum atomic E-state index is -0.307. The first-order chi connectivity index (χ1) is 8.54. The molecule has 1 unspecified atom stereocenters. The van der Waals surface area contributed by atoms with Gasteiger partial charge in [0.05, 0.1) is 12.6 Å². The van der Waals surface area contributed by atoms with Gasteiger partial charge in [0.25, 0.3) is 0 Å². The molecule has 0 aliphatic rings. The quantitative estimate of drug-likeness (QED) is 0.794. The van der Waals surface area contributed by atoms with Crippen molar-refractivity contribution in [2.75, 3.05) is 20.3 Å². The lowest BCUT2D eigenvalue weighted by Crippen LogP contribution is -2.43. The van der Waals surface area contributed by atoms with Gasteiger partial charge in [0.15, 0.2) is 0 Å². The van der Waals surface area contributed by atoms with Gasteiger partial charge in [0.2, 0.25) is 5.91 Å². The van der Waals surface area contributed by atoms with Gasteiger partial charge in [-0.2, -0.15) is 0 Å². The van der Waals surface area contributed by atoms with Gasteiger partial charge in [-0.1, -0.05) is 29.8 Å². The van der Waals surface area contributed by atoms with Crippen LogP contribution >= 0.6 is 0 Å². The summed E-state index contributed by atoms with van der Waals surface area (Å²) in [6.45, 7) is 5.86. The molecular formula is C14H22N2O2. The number of ether oxygens (including phenoxy) is 1. The number of hydrogen-bond acceptors (Lipinski definition) is 3. The minimum absolute atomic E-state index is 0.290. The fraction of sp³-hybridized carbons (Fsp3) is 0.500. The van der Waals surface area contributed by atoms with Crippen LogP contribution in [0.15, 0.2) is 24.3 Å². The summed E-state index contributed by atoms with van der Waals surface area (Å²) in [6, 6.07) is 7.99. The summed E-state index contributed by atoms with van der Waals surface area (Å²) in [7, 11) is 1.65. The van der Waals surface area contributed by atoms with E-state index in [0.29, 0.717) is 19.7 Å². The number of rotatable bonds is 7. The fourth-order valence-corrected chi connectivity index (χ4v) is 1.73. The van der Waals surface area contributed by atoms with Crippen molar-refractivity contribution in [2.24, 2.45) is 5.73 Å². The van der Waals surface area contributed by atoms with Crippen LogP contribution < -0.4 is 5.73 Å². The number of carbonyl (C=O) groups is 1. The summed E-state index contributed by atoms with van der Waals surface area (Å²) in [4.78, 5) is 13.3. The standard InChI is InChI=1S/C14H22N2O2/c1-11-4-6-13(7-5-11)10-16(8-9-18-3)12(2)14(15)17/h4-7,12H,8-10H2,1-3H3,(H2,15,17). The van der Waals surface area contributed by atoms with Crippen LogP contribution in [0.4, 0.5) is 0 Å². The Bertz CT molecular complexity index is 376. The summed E-state index contributed by atoms with van der Waals surface area (Å²) in [6.07, 6.45) is 0. The number of methoxy groups -OCH3 is 1. The predicted molar refractivity (Wildman–Crippen MR) is 72.1 cm³/mol. The molecule has 4 nitrogen and oxygen atoms in total. The zero-order valence-corrected chi connectivity index (χ0v) is 11.3. The van der Waals surface area contributed by atoms with Crippen LogP contribution in [0.5, 0.6) is 0 Å². The molecule has 18 heavy (non-hydrogen) atoms. The number of hydrogen-bond donors (Lipinski definition) is 1. The van der Waals surface area contributed by atoms with Crippen LogP contribution in [0.3, 0.4) is 0 Å². The highest BCUT2D eigenvalue weighted by Crippen LogP contribution is 2.09. The van der Waals surface area contributed by atoms with Gasteiger partial charge >= 0.3 is 0 Å². The molecular weight excluding hydrogens is 228 g/mol. The number of carbonyl (C=O) groups excluding carboxylic acids is 1. The normalized spacial score (nSPS) is 12.7. The number of amides is 1. The summed E-state index contributed by atoms with van der Waals surface area (Å²) in [5.74, 6) is -0.307. The van der Waals surface area contributed by atoms with E-state index in [-0.39, 0.29) is 11.9 Å². The second-order valence-corrected chi connectivity index (χ2v) is 4.53. The van der Waals surface area contributed by atoms with E-state index in [2.05, 4.69) is 31.2 Å². The Morgan fingerprint density at radius 2 is 2.00 bits per heavy atom. The van der Waals surface area contributed by atoms with E-state index in [1.165, 1.54) is 11.1 Å². The zero-order valence-electron chi connectivity index (χ0n) is 11.3. The molecule has 0 fully saturated rings. The number of nitrogens with zero attached hydrogens (tertiary/aromatic N) is 1. The number of benzene rings is 1. The van der Waals surface area contributed by atoms with Gasteiger partial charge in [0.1, 0.15) is 0 Å². The molecule has 0 saturated heterocycles. The molecule has 1 atom stereocenters. The topological polar surface area (TPSA) is 55.6 Å². The smallest absolute Gasteiger partial charge is 0.234 e. The van der Waals surface area contributed by atoms with Crippen molar-refractivity contribution in [3.05, 3.63) is 35.4 Å². The first-order valence-corrected chi connectivity index (χ1v) is 6.12. The Kier molecular flexibility index (Phi) is 5.82. The maximum absolute atomic E-state index is 11.3. The Balaban J connectivity index is 2.70. The molecule has 0 radical (unpaired) electrons. The van der Waals surface area contributed by atoms with Crippen molar-refractivity contribution in [3.63, 3.8) is 0 Å². The van der Waals surface area contributed by atoms with Crippen molar-refractivity contribution < 1.29 is 9.53 Å². The summed E-state index contributed by atoms with van der Waals surface area (Å²) >= 11 is 0. The van der Waals surface area contributed by atoms with Crippen molar-refractivity contribution in [1.82, 2.24) is 4.90 Å². The number of nitrogens with two attached hydrogens (primary N) is 1. The second-order valence-electron chi connectivity index (χ2n) is 4.53. The monoisotopic (exact) mass is 250 g/mol. The van der Waals surface area contributed by atoms with Crippen LogP contribution in [0.2, 0.25) is 0 Å². The minimum Gasteiger partial charge on any atom is -0.383 e. The Hall–Kier alpha value is -1.39. The molecule has 0 heterocycles. The fourth-order valence-electron chi connectivity index (χ4n) is 1.73. The largest absolute Gasteiger partial charge is 0.383 e. The molecule has 0 bridgehead atoms. The summed E-state index contributed by atoms with van der Waals surface area (Å²) in [5, 5.41) is 0. The molecule has 1 rings (SSSR count). The van der Waals surface area contributed by atoms with Crippen LogP contribution in [0.25, 0.3) is 0 Å². The van der Waals surface area contributed by atoms with Gasteiger partial charge in [-0.05, 0) is 19.4 Å². The van der Waals surface area contributed by atoms with Crippen molar-refractivity contribution in [1.29, 1.82) is 0 Å². The van der Waals surface area contributed by atoms with Crippen LogP contribution in [0.1, 0.15) is 18.1 Å². The molecule has 0 aromatic heterocycles. The van der Waals surface area contributed by atoms with Gasteiger partial charge < -0.3 is 10.5 Å². The van der Waals surface area contributed by atoms with E-state index in [0.717, 1.165) is 0 Å². The first-order valence-electron chi connectivity index (χ1n) is 6.12. The highest BCUT2D eigenvalue weighted by atomic mass is 16.5. The SMILES string of the molecule is COCCN(Cc1ccc(C)cc1)C(C)C(N)=O. The molecule has 2 N–H and O–H groups in total. The van der Waals surface area contributed by atoms with E-state index in [1.807, 2.05) is 11.8 Å². The lowest BCUT2D eigenvalue weighted by atomic mass is 10.1. The van der Waals surface area contributed by atoms with E-state index >= 15 is 0 Å². The molecule has 1 amide bonds. The van der Waals surface area contributed by atoms with Gasteiger partial charge in [0, 0.05) is 20.2 Å². The molecule has 0 spiro atoms. The third-order valence-electron chi connectivity index (χ3n) is 3.05. The molecule has 1 aromatic carbocycles. The van der Waals surface area contributed by atoms with Crippen molar-refractivity contribution in [3.8, 4) is 0 Å². The average molecular weight is 250 g/mol. The van der Waals surface area contributed by atoms with Crippen LogP contribution in [-0.4, -0.2) is 37.1 Å². The van der Waals surface area contributed by atoms with Gasteiger partial charge in [-0.3, -0.25) is 9.69 Å². The van der Waals surface area contributed by atoms with Crippen LogP contribution in [-0.2, 0) is 16.1 Å². The molecule has 1 aromatic rings. The zero-order chi connectivity index (χ0) is 13.5. The van der Waals surface area contributed by atoms with E-state index in [9.17, 15) is 4.79 Å². The molecule has 100 valence electrons. The average Bonchev–Trinajstić information content (AvgIpc) is 2.35. The molecule has 0 saturated carbocycles. The highest BCUT2D eigenvalue weighted by Gasteiger charge is 2.18. The third-order valence-corrected chi connectivity index (χ3v) is 3.05. The summed E-state index contributed by atoms with van der Waals surface area (Å²) < 4.78 is 5.07. The second kappa shape index (κ2) is 7.13. The highest BCUT2D eigenvalue weighted by molar-refractivity contribution is 5.79. The van der Waals surface area contributed by atoms with E-state index in [4.69, 9.17) is 10.5 Å². The number of aryl methyl sites for hydroxylation is 1. The van der Waals surface area contributed by atoms with Crippen LogP contribution in [0, 0.1) is 6.92 Å². The van der Waals surface area contributed by atoms with Crippen molar-refractivity contribution >= 4 is 5.91 Å². The Morgan fingerprint density at radius 1 is 1.39 bits per heavy atom. The van der Waals surface area contributed by atoms with Crippen molar-refractivity contribution in [2.45, 2.75) is 26.4 Å². The Labute approximate surface area is 109 Å². The maximum atomic E-state index is 11.3.